The normalized spacial score (nSPS) is 17.5. The van der Waals surface area contributed by atoms with E-state index in [-0.39, 0.29) is 50.3 Å². The summed E-state index contributed by atoms with van der Waals surface area (Å²) in [5, 5.41) is 13.8. The van der Waals surface area contributed by atoms with E-state index >= 15 is 0 Å². The third-order valence-corrected chi connectivity index (χ3v) is 9.62. The molecule has 0 fully saturated rings. The maximum Gasteiger partial charge on any atom is 0.286 e. The molecule has 2 aromatic heterocycles. The van der Waals surface area contributed by atoms with Crippen LogP contribution in [0.15, 0.2) is 81.0 Å². The topological polar surface area (TPSA) is 139 Å². The van der Waals surface area contributed by atoms with Gasteiger partial charge in [0, 0.05) is 6.20 Å². The van der Waals surface area contributed by atoms with E-state index < -0.39 is 37.0 Å². The van der Waals surface area contributed by atoms with Gasteiger partial charge in [-0.05, 0) is 53.9 Å². The maximum atomic E-state index is 13.6. The van der Waals surface area contributed by atoms with Gasteiger partial charge in [-0.3, -0.25) is 9.31 Å². The Morgan fingerprint density at radius 1 is 1.05 bits per heavy atom. The number of aromatic nitrogens is 2. The van der Waals surface area contributed by atoms with E-state index in [1.54, 1.807) is 24.4 Å². The van der Waals surface area contributed by atoms with Crippen LogP contribution in [0.3, 0.4) is 0 Å². The molecule has 38 heavy (non-hydrogen) atoms. The van der Waals surface area contributed by atoms with E-state index in [1.165, 1.54) is 51.7 Å². The molecule has 10 nitrogen and oxygen atoms in total. The molecule has 13 heteroatoms. The number of sulfone groups is 1. The SMILES string of the molecule is O=c1c(C2=NS(=O)(=O)c3cc(C4=CCCS4(=O)=O)ccc3N2)c(O)c2cccn2n1Cc1ccc(F)cc1. The molecule has 0 atom stereocenters. The van der Waals surface area contributed by atoms with Gasteiger partial charge in [-0.2, -0.15) is 8.42 Å². The first-order valence-electron chi connectivity index (χ1n) is 11.4. The molecule has 0 saturated heterocycles. The number of nitrogens with zero attached hydrogens (tertiary/aromatic N) is 3. The summed E-state index contributed by atoms with van der Waals surface area (Å²) in [4.78, 5) is 13.4. The summed E-state index contributed by atoms with van der Waals surface area (Å²) in [5.74, 6) is -1.33. The standard InChI is InChI=1S/C25H19FN4O6S2/c26-17-8-5-15(6-9-17)14-30-25(32)22(23(31)19-3-1-11-29(19)30)24-27-18-10-7-16(13-21(18)38(35,36)28-24)20-4-2-12-37(20,33)34/h1,3-11,13,31H,2,12,14H2,(H,27,28). The van der Waals surface area contributed by atoms with Gasteiger partial charge in [0.15, 0.2) is 21.4 Å². The predicted molar refractivity (Wildman–Crippen MR) is 139 cm³/mol. The number of halogens is 1. The van der Waals surface area contributed by atoms with Crippen LogP contribution in [-0.2, 0) is 26.4 Å². The molecule has 0 spiro atoms. The Labute approximate surface area is 216 Å². The third kappa shape index (κ3) is 3.82. The smallest absolute Gasteiger partial charge is 0.286 e. The molecule has 6 rings (SSSR count). The maximum absolute atomic E-state index is 13.6. The van der Waals surface area contributed by atoms with Gasteiger partial charge in [0.2, 0.25) is 0 Å². The Balaban J connectivity index is 1.48. The number of allylic oxidation sites excluding steroid dienone is 1. The summed E-state index contributed by atoms with van der Waals surface area (Å²) in [7, 11) is -7.89. The zero-order valence-corrected chi connectivity index (χ0v) is 21.1. The number of rotatable bonds is 4. The van der Waals surface area contributed by atoms with E-state index in [2.05, 4.69) is 9.71 Å². The molecule has 0 unspecified atom stereocenters. The van der Waals surface area contributed by atoms with Crippen LogP contribution in [0.5, 0.6) is 5.75 Å². The average Bonchev–Trinajstić information content (AvgIpc) is 3.49. The van der Waals surface area contributed by atoms with Gasteiger partial charge in [0.05, 0.1) is 22.9 Å². The minimum Gasteiger partial charge on any atom is -0.505 e. The van der Waals surface area contributed by atoms with Gasteiger partial charge in [0.1, 0.15) is 21.8 Å². The number of sulfonamides is 1. The molecule has 194 valence electrons. The van der Waals surface area contributed by atoms with E-state index in [0.717, 1.165) is 0 Å². The largest absolute Gasteiger partial charge is 0.505 e. The monoisotopic (exact) mass is 554 g/mol. The molecule has 2 aliphatic heterocycles. The highest BCUT2D eigenvalue weighted by atomic mass is 32.2. The lowest BCUT2D eigenvalue weighted by molar-refractivity contribution is 0.466. The summed E-state index contributed by atoms with van der Waals surface area (Å²) < 4.78 is 70.9. The van der Waals surface area contributed by atoms with Gasteiger partial charge < -0.3 is 10.4 Å². The van der Waals surface area contributed by atoms with Crippen molar-refractivity contribution >= 4 is 41.8 Å². The highest BCUT2D eigenvalue weighted by Gasteiger charge is 2.32. The Hall–Kier alpha value is -4.23. The van der Waals surface area contributed by atoms with Crippen molar-refractivity contribution in [3.8, 4) is 5.75 Å². The predicted octanol–water partition coefficient (Wildman–Crippen LogP) is 2.71. The van der Waals surface area contributed by atoms with Gasteiger partial charge in [-0.15, -0.1) is 4.40 Å². The number of nitrogens with one attached hydrogen (secondary N) is 1. The molecule has 0 radical (unpaired) electrons. The zero-order chi connectivity index (χ0) is 26.8. The lowest BCUT2D eigenvalue weighted by Crippen LogP contribution is -2.35. The number of benzene rings is 2. The lowest BCUT2D eigenvalue weighted by atomic mass is 10.1. The van der Waals surface area contributed by atoms with Gasteiger partial charge >= 0.3 is 0 Å². The molecule has 0 amide bonds. The molecule has 0 bridgehead atoms. The molecule has 2 aromatic carbocycles. The lowest BCUT2D eigenvalue weighted by Gasteiger charge is -2.21. The molecular weight excluding hydrogens is 535 g/mol. The van der Waals surface area contributed by atoms with E-state index in [1.807, 2.05) is 0 Å². The van der Waals surface area contributed by atoms with E-state index in [0.29, 0.717) is 12.0 Å². The first kappa shape index (κ1) is 24.1. The number of hydrogen-bond donors (Lipinski definition) is 2. The number of anilines is 1. The van der Waals surface area contributed by atoms with Crippen LogP contribution in [0.1, 0.15) is 23.1 Å². The third-order valence-electron chi connectivity index (χ3n) is 6.46. The quantitative estimate of drug-likeness (QED) is 0.395. The van der Waals surface area contributed by atoms with Crippen LogP contribution in [-0.4, -0.2) is 42.7 Å². The molecular formula is C25H19FN4O6S2. The van der Waals surface area contributed by atoms with Crippen molar-refractivity contribution < 1.29 is 26.3 Å². The number of fused-ring (bicyclic) bond motifs is 2. The van der Waals surface area contributed by atoms with Gasteiger partial charge in [-0.25, -0.2) is 17.5 Å². The van der Waals surface area contributed by atoms with Crippen LogP contribution < -0.4 is 10.9 Å². The summed E-state index contributed by atoms with van der Waals surface area (Å²) in [6.07, 6.45) is 3.44. The van der Waals surface area contributed by atoms with Crippen molar-refractivity contribution in [2.45, 2.75) is 17.9 Å². The van der Waals surface area contributed by atoms with Crippen LogP contribution in [0.25, 0.3) is 10.4 Å². The van der Waals surface area contributed by atoms with Crippen molar-refractivity contribution in [3.63, 3.8) is 0 Å². The van der Waals surface area contributed by atoms with E-state index in [9.17, 15) is 31.1 Å². The second-order valence-corrected chi connectivity index (χ2v) is 12.5. The van der Waals surface area contributed by atoms with Crippen LogP contribution in [0.2, 0.25) is 0 Å². The number of aromatic hydroxyl groups is 1. The molecule has 4 aromatic rings. The molecule has 0 saturated carbocycles. The average molecular weight is 555 g/mol. The van der Waals surface area contributed by atoms with Crippen LogP contribution in [0, 0.1) is 5.82 Å². The molecule has 4 heterocycles. The zero-order valence-electron chi connectivity index (χ0n) is 19.5. The Morgan fingerprint density at radius 3 is 2.53 bits per heavy atom. The minimum absolute atomic E-state index is 0.00113. The summed E-state index contributed by atoms with van der Waals surface area (Å²) in [6, 6.07) is 12.8. The van der Waals surface area contributed by atoms with Crippen molar-refractivity contribution in [1.29, 1.82) is 0 Å². The van der Waals surface area contributed by atoms with Crippen molar-refractivity contribution in [3.05, 3.63) is 99.7 Å². The molecule has 2 N–H and O–H groups in total. The second-order valence-electron chi connectivity index (χ2n) is 8.88. The van der Waals surface area contributed by atoms with Crippen LogP contribution in [0.4, 0.5) is 10.1 Å². The Kier molecular flexibility index (Phi) is 5.33. The van der Waals surface area contributed by atoms with Crippen LogP contribution >= 0.6 is 0 Å². The number of hydrogen-bond acceptors (Lipinski definition) is 7. The summed E-state index contributed by atoms with van der Waals surface area (Å²) in [6.45, 7) is 0.00113. The summed E-state index contributed by atoms with van der Waals surface area (Å²) in [5.41, 5.74) is 0.0266. The van der Waals surface area contributed by atoms with Crippen molar-refractivity contribution in [2.75, 3.05) is 11.1 Å². The van der Waals surface area contributed by atoms with Crippen molar-refractivity contribution in [1.82, 2.24) is 9.20 Å². The fourth-order valence-corrected chi connectivity index (χ4v) is 7.30. The highest BCUT2D eigenvalue weighted by Crippen LogP contribution is 2.36. The number of amidine groups is 1. The van der Waals surface area contributed by atoms with E-state index in [4.69, 9.17) is 0 Å². The Morgan fingerprint density at radius 2 is 1.82 bits per heavy atom. The fourth-order valence-electron chi connectivity index (χ4n) is 4.65. The second kappa shape index (κ2) is 8.39. The van der Waals surface area contributed by atoms with Crippen molar-refractivity contribution in [2.24, 2.45) is 4.40 Å². The molecule has 0 aliphatic carbocycles. The highest BCUT2D eigenvalue weighted by molar-refractivity contribution is 8.00. The first-order chi connectivity index (χ1) is 18.0. The van der Waals surface area contributed by atoms with Gasteiger partial charge in [0.25, 0.3) is 15.6 Å². The minimum atomic E-state index is -4.38. The Bertz CT molecular complexity index is 1990. The fraction of sp³-hybridized carbons (Fsp3) is 0.120. The first-order valence-corrected chi connectivity index (χ1v) is 14.5. The summed E-state index contributed by atoms with van der Waals surface area (Å²) >= 11 is 0. The van der Waals surface area contributed by atoms with Gasteiger partial charge in [-0.1, -0.05) is 24.3 Å². The molecule has 2 aliphatic rings.